The number of fused-ring (bicyclic) bond motifs is 1. The van der Waals surface area contributed by atoms with E-state index in [2.05, 4.69) is 12.1 Å². The molecule has 0 saturated carbocycles. The third kappa shape index (κ3) is 0.976. The van der Waals surface area contributed by atoms with Gasteiger partial charge < -0.3 is 0 Å². The van der Waals surface area contributed by atoms with Gasteiger partial charge >= 0.3 is 65.3 Å². The summed E-state index contributed by atoms with van der Waals surface area (Å²) in [5.41, 5.74) is 1.27. The van der Waals surface area contributed by atoms with Gasteiger partial charge in [0.15, 0.2) is 0 Å². The van der Waals surface area contributed by atoms with Crippen LogP contribution in [0.4, 0.5) is 0 Å². The van der Waals surface area contributed by atoms with Crippen LogP contribution >= 0.6 is 0 Å². The molecule has 3 heteroatoms. The summed E-state index contributed by atoms with van der Waals surface area (Å²) in [6.07, 6.45) is 0. The van der Waals surface area contributed by atoms with Gasteiger partial charge in [-0.05, 0) is 0 Å². The zero-order chi connectivity index (χ0) is 6.97. The molecule has 0 unspecified atom stereocenters. The fourth-order valence-corrected chi connectivity index (χ4v) is 2.74. The molecule has 0 radical (unpaired) electrons. The van der Waals surface area contributed by atoms with E-state index < -0.39 is 0 Å². The second-order valence-electron chi connectivity index (χ2n) is 2.21. The molecule has 52 valence electrons. The van der Waals surface area contributed by atoms with Crippen LogP contribution in [0, 0.1) is 0 Å². The van der Waals surface area contributed by atoms with Crippen LogP contribution in [-0.2, 0) is 6.54 Å². The summed E-state index contributed by atoms with van der Waals surface area (Å²) in [5.74, 6) is 0. The first kappa shape index (κ1) is 6.37. The van der Waals surface area contributed by atoms with Gasteiger partial charge in [0.2, 0.25) is 0 Å². The number of rotatable bonds is 0. The van der Waals surface area contributed by atoms with E-state index in [1.165, 1.54) is 14.1 Å². The molecule has 2 nitrogen and oxygen atoms in total. The van der Waals surface area contributed by atoms with Crippen LogP contribution in [0.5, 0.6) is 0 Å². The molecular weight excluding hydrogens is 193 g/mol. The molecule has 10 heavy (non-hydrogen) atoms. The van der Waals surface area contributed by atoms with Gasteiger partial charge in [0.1, 0.15) is 0 Å². The van der Waals surface area contributed by atoms with Crippen LogP contribution in [0.2, 0.25) is 0 Å². The molecule has 1 heterocycles. The van der Waals surface area contributed by atoms with Crippen molar-refractivity contribution in [3.05, 3.63) is 29.8 Å². The van der Waals surface area contributed by atoms with Crippen molar-refractivity contribution in [2.24, 2.45) is 0 Å². The molecule has 0 atom stereocenters. The van der Waals surface area contributed by atoms with Crippen molar-refractivity contribution in [2.45, 2.75) is 6.54 Å². The van der Waals surface area contributed by atoms with Gasteiger partial charge in [-0.1, -0.05) is 0 Å². The third-order valence-electron chi connectivity index (χ3n) is 1.48. The fraction of sp³-hybridized carbons (Fsp3) is 0.143. The fourth-order valence-electron chi connectivity index (χ4n) is 1.02. The predicted octanol–water partition coefficient (Wildman–Crippen LogP) is 0.136. The van der Waals surface area contributed by atoms with Crippen molar-refractivity contribution in [1.29, 1.82) is 0 Å². The predicted molar refractivity (Wildman–Crippen MR) is 39.2 cm³/mol. The van der Waals surface area contributed by atoms with Gasteiger partial charge in [0, 0.05) is 0 Å². The number of hydroxylamine groups is 1. The molecule has 0 bridgehead atoms. The summed E-state index contributed by atoms with van der Waals surface area (Å²) in [5, 5.41) is 9.11. The van der Waals surface area contributed by atoms with E-state index in [-0.39, 0.29) is 15.2 Å². The average Bonchev–Trinajstić information content (AvgIpc) is 2.27. The van der Waals surface area contributed by atoms with Crippen LogP contribution < -0.4 is 4.46 Å². The monoisotopic (exact) mass is 201 g/mol. The van der Waals surface area contributed by atoms with Crippen LogP contribution in [0.3, 0.4) is 0 Å². The van der Waals surface area contributed by atoms with E-state index in [4.69, 9.17) is 5.21 Å². The van der Waals surface area contributed by atoms with E-state index in [1.54, 1.807) is 0 Å². The van der Waals surface area contributed by atoms with Crippen molar-refractivity contribution < 1.29 is 5.21 Å². The average molecular weight is 200 g/mol. The number of nitrogens with zero attached hydrogens (tertiary/aromatic N) is 1. The minimum atomic E-state index is 0.149. The number of benzene rings is 1. The first-order chi connectivity index (χ1) is 4.86. The van der Waals surface area contributed by atoms with Gasteiger partial charge in [-0.2, -0.15) is 0 Å². The van der Waals surface area contributed by atoms with Crippen LogP contribution in [0.1, 0.15) is 5.56 Å². The first-order valence-corrected chi connectivity index (χ1v) is 4.71. The Morgan fingerprint density at radius 3 is 3.00 bits per heavy atom. The summed E-state index contributed by atoms with van der Waals surface area (Å²) in [6, 6.07) is 8.16. The molecule has 1 aliphatic heterocycles. The maximum absolute atomic E-state index is 9.11. The van der Waals surface area contributed by atoms with Crippen molar-refractivity contribution in [1.82, 2.24) is 4.08 Å². The molecule has 1 aromatic rings. The Kier molecular flexibility index (Phi) is 1.51. The Morgan fingerprint density at radius 1 is 1.40 bits per heavy atom. The summed E-state index contributed by atoms with van der Waals surface area (Å²) in [7, 11) is 0. The Morgan fingerprint density at radius 2 is 2.20 bits per heavy atom. The molecule has 0 aliphatic carbocycles. The normalized spacial score (nSPS) is 17.3. The van der Waals surface area contributed by atoms with E-state index in [0.717, 1.165) is 0 Å². The molecule has 0 fully saturated rings. The molecule has 1 N–H and O–H groups in total. The zero-order valence-electron chi connectivity index (χ0n) is 5.32. The topological polar surface area (TPSA) is 23.5 Å². The standard InChI is InChI=1S/C7H7NOSe/c9-8-5-6-3-1-2-4-7(6)10-8/h1-4,9H,5H2. The van der Waals surface area contributed by atoms with Crippen molar-refractivity contribution >= 4 is 19.6 Å². The Balaban J connectivity index is 2.42. The Labute approximate surface area is 65.8 Å². The second-order valence-corrected chi connectivity index (χ2v) is 4.40. The summed E-state index contributed by atoms with van der Waals surface area (Å²) in [6.45, 7) is 0.705. The number of hydrogen-bond acceptors (Lipinski definition) is 2. The van der Waals surface area contributed by atoms with Crippen LogP contribution in [-0.4, -0.2) is 24.5 Å². The third-order valence-corrected chi connectivity index (χ3v) is 3.44. The minimum absolute atomic E-state index is 0.149. The summed E-state index contributed by atoms with van der Waals surface area (Å²) in [4.78, 5) is 0. The van der Waals surface area contributed by atoms with Gasteiger partial charge in [-0.3, -0.25) is 0 Å². The van der Waals surface area contributed by atoms with Gasteiger partial charge in [-0.15, -0.1) is 0 Å². The molecule has 0 saturated heterocycles. The van der Waals surface area contributed by atoms with Crippen LogP contribution in [0.15, 0.2) is 24.3 Å². The molecule has 0 spiro atoms. The SMILES string of the molecule is ON1Cc2ccccc2[Se]1. The van der Waals surface area contributed by atoms with Gasteiger partial charge in [0.25, 0.3) is 0 Å². The quantitative estimate of drug-likeness (QED) is 0.602. The maximum atomic E-state index is 9.11. The van der Waals surface area contributed by atoms with E-state index in [9.17, 15) is 0 Å². The van der Waals surface area contributed by atoms with E-state index in [1.807, 2.05) is 12.1 Å². The van der Waals surface area contributed by atoms with Crippen molar-refractivity contribution in [3.8, 4) is 0 Å². The number of hydrogen-bond donors (Lipinski definition) is 1. The Hall–Kier alpha value is -0.341. The zero-order valence-corrected chi connectivity index (χ0v) is 7.03. The Bertz CT molecular complexity index is 226. The van der Waals surface area contributed by atoms with Gasteiger partial charge in [-0.25, -0.2) is 0 Å². The van der Waals surface area contributed by atoms with E-state index in [0.29, 0.717) is 6.54 Å². The van der Waals surface area contributed by atoms with E-state index >= 15 is 0 Å². The molecule has 0 amide bonds. The second kappa shape index (κ2) is 2.36. The van der Waals surface area contributed by atoms with Crippen molar-refractivity contribution in [3.63, 3.8) is 0 Å². The molecular formula is C7H7NOSe. The first-order valence-electron chi connectivity index (χ1n) is 3.08. The van der Waals surface area contributed by atoms with Crippen LogP contribution in [0.25, 0.3) is 0 Å². The summed E-state index contributed by atoms with van der Waals surface area (Å²) < 4.78 is 2.69. The molecule has 1 aromatic carbocycles. The molecule has 2 rings (SSSR count). The molecule has 0 aromatic heterocycles. The van der Waals surface area contributed by atoms with Gasteiger partial charge in [0.05, 0.1) is 0 Å². The summed E-state index contributed by atoms with van der Waals surface area (Å²) >= 11 is 0.149. The molecule has 1 aliphatic rings. The van der Waals surface area contributed by atoms with Crippen molar-refractivity contribution in [2.75, 3.05) is 0 Å².